The summed E-state index contributed by atoms with van der Waals surface area (Å²) in [5, 5.41) is 0. The van der Waals surface area contributed by atoms with Gasteiger partial charge < -0.3 is 9.80 Å². The standard InChI is InChI=1S/C59H70N2O2S3.C2H6/c1-8-58(5,9-2)44-27-30-47-49(35-44)61(38-40-20-16-13-17-21-40)55(57(47)63)54-56(62)46-29-26-43(34-48(46)60(54)37-39-18-14-12-15-19-39)41-22-24-42(25-23-41)50-31-32-51(66-50)52(64-7)36-45-28-33-53(65-45)59(6,10-3)11-4;1-2/h22-36,39-40H,8-21,37-38H2,1-7H3;1-2H3/b52-36-,55-54+;. The summed E-state index contributed by atoms with van der Waals surface area (Å²) in [5.74, 6) is 0.965. The molecule has 0 N–H and O–H groups in total. The van der Waals surface area contributed by atoms with Crippen LogP contribution in [-0.2, 0) is 10.8 Å². The lowest BCUT2D eigenvalue weighted by molar-refractivity contribution is 0.100. The van der Waals surface area contributed by atoms with Gasteiger partial charge in [-0.05, 0) is 152 Å². The van der Waals surface area contributed by atoms with E-state index in [2.05, 4.69) is 143 Å². The topological polar surface area (TPSA) is 40.6 Å². The number of thioether (sulfide) groups is 1. The van der Waals surface area contributed by atoms with Gasteiger partial charge in [-0.2, -0.15) is 0 Å². The van der Waals surface area contributed by atoms with E-state index in [-0.39, 0.29) is 22.4 Å². The van der Waals surface area contributed by atoms with Crippen molar-refractivity contribution >= 4 is 68.4 Å². The first-order valence-corrected chi connectivity index (χ1v) is 29.1. The first-order valence-electron chi connectivity index (χ1n) is 26.3. The van der Waals surface area contributed by atoms with E-state index in [0.29, 0.717) is 28.8 Å². The third kappa shape index (κ3) is 9.92. The summed E-state index contributed by atoms with van der Waals surface area (Å²) in [4.78, 5) is 41.4. The predicted octanol–water partition coefficient (Wildman–Crippen LogP) is 18.3. The summed E-state index contributed by atoms with van der Waals surface area (Å²) < 4.78 is 0. The minimum atomic E-state index is -0.00763. The Labute approximate surface area is 421 Å². The van der Waals surface area contributed by atoms with E-state index in [9.17, 15) is 0 Å². The Morgan fingerprint density at radius 2 is 1.12 bits per heavy atom. The minimum Gasteiger partial charge on any atom is -0.336 e. The Bertz CT molecular complexity index is 2620. The molecule has 3 aromatic carbocycles. The van der Waals surface area contributed by atoms with Crippen LogP contribution < -0.4 is 9.80 Å². The van der Waals surface area contributed by atoms with Crippen molar-refractivity contribution in [3.8, 4) is 21.6 Å². The molecule has 0 spiro atoms. The average Bonchev–Trinajstić information content (AvgIpc) is 4.19. The van der Waals surface area contributed by atoms with Crippen molar-refractivity contribution in [2.75, 3.05) is 29.1 Å². The van der Waals surface area contributed by atoms with Crippen molar-refractivity contribution in [1.29, 1.82) is 0 Å². The van der Waals surface area contributed by atoms with E-state index >= 15 is 9.59 Å². The number of hydrogen-bond acceptors (Lipinski definition) is 7. The van der Waals surface area contributed by atoms with Crippen LogP contribution in [0.25, 0.3) is 32.5 Å². The Kier molecular flexibility index (Phi) is 16.1. The Hall–Kier alpha value is -4.17. The maximum Gasteiger partial charge on any atom is 0.213 e. The van der Waals surface area contributed by atoms with Gasteiger partial charge in [-0.1, -0.05) is 130 Å². The number of hydrogen-bond donors (Lipinski definition) is 0. The molecule has 2 aromatic heterocycles. The maximum atomic E-state index is 15.1. The van der Waals surface area contributed by atoms with Crippen LogP contribution in [0.15, 0.2) is 96.3 Å². The molecule has 4 nitrogen and oxygen atoms in total. The molecule has 5 aromatic rings. The highest BCUT2D eigenvalue weighted by Gasteiger charge is 2.44. The van der Waals surface area contributed by atoms with Crippen molar-refractivity contribution in [3.63, 3.8) is 0 Å². The number of carbonyl (C=O) groups excluding carboxylic acids is 2. The molecule has 2 fully saturated rings. The summed E-state index contributed by atoms with van der Waals surface area (Å²) in [7, 11) is 0. The van der Waals surface area contributed by atoms with Gasteiger partial charge in [0.2, 0.25) is 11.6 Å². The fraction of sp³-hybridized carbons (Fsp3) is 0.475. The molecular weight excluding hydrogens is 889 g/mol. The van der Waals surface area contributed by atoms with Crippen LogP contribution in [0.2, 0.25) is 0 Å². The van der Waals surface area contributed by atoms with Crippen LogP contribution in [0, 0.1) is 11.8 Å². The highest BCUT2D eigenvalue weighted by atomic mass is 32.2. The number of anilines is 2. The minimum absolute atomic E-state index is 0.00621. The van der Waals surface area contributed by atoms with E-state index in [0.717, 1.165) is 79.7 Å². The van der Waals surface area contributed by atoms with Gasteiger partial charge >= 0.3 is 0 Å². The Morgan fingerprint density at radius 3 is 1.66 bits per heavy atom. The van der Waals surface area contributed by atoms with Crippen molar-refractivity contribution in [1.82, 2.24) is 0 Å². The molecule has 0 unspecified atom stereocenters. The summed E-state index contributed by atoms with van der Waals surface area (Å²) in [5.41, 5.74) is 9.58. The van der Waals surface area contributed by atoms with Crippen molar-refractivity contribution in [2.45, 2.75) is 156 Å². The van der Waals surface area contributed by atoms with Gasteiger partial charge in [0.15, 0.2) is 0 Å². The molecular formula is C61H76N2O2S3. The summed E-state index contributed by atoms with van der Waals surface area (Å²) in [6.45, 7) is 19.4. The van der Waals surface area contributed by atoms with E-state index in [4.69, 9.17) is 0 Å². The summed E-state index contributed by atoms with van der Waals surface area (Å²) in [6.07, 6.45) is 21.0. The van der Waals surface area contributed by atoms with E-state index in [1.54, 1.807) is 0 Å². The second-order valence-electron chi connectivity index (χ2n) is 20.2. The number of Topliss-reactive ketones (excluding diaryl/α,β-unsaturated/α-hetero) is 2. The third-order valence-corrected chi connectivity index (χ3v) is 19.9. The molecule has 0 atom stereocenters. The predicted molar refractivity (Wildman–Crippen MR) is 298 cm³/mol. The number of allylic oxidation sites excluding steroid dienone is 2. The molecule has 0 amide bonds. The molecule has 4 heterocycles. The summed E-state index contributed by atoms with van der Waals surface area (Å²) >= 11 is 5.60. The number of carbonyl (C=O) groups is 2. The van der Waals surface area contributed by atoms with Crippen molar-refractivity contribution < 1.29 is 9.59 Å². The lowest BCUT2D eigenvalue weighted by Crippen LogP contribution is -2.36. The Balaban J connectivity index is 0.00000308. The highest BCUT2D eigenvalue weighted by molar-refractivity contribution is 8.08. The smallest absolute Gasteiger partial charge is 0.213 e. The van der Waals surface area contributed by atoms with Gasteiger partial charge in [-0.15, -0.1) is 34.4 Å². The maximum absolute atomic E-state index is 15.1. The zero-order chi connectivity index (χ0) is 48.2. The quantitative estimate of drug-likeness (QED) is 0.0978. The number of ketones is 2. The van der Waals surface area contributed by atoms with Gasteiger partial charge in [0.05, 0.1) is 11.4 Å². The average molecular weight is 965 g/mol. The number of nitrogens with zero attached hydrogens (tertiary/aromatic N) is 2. The normalized spacial score (nSPS) is 18.3. The SMILES string of the molecule is CC.CCC(C)(CC)c1ccc2c(c1)N(CC1CCCCC1)/C(=C1\C(=O)c3ccc(-c4ccc(-c5ccc(/C(=C/c6ccc(C(C)(CC)CC)s6)SC)s5)cc4)cc3N1CC1CCCCC1)C2=O. The molecule has 2 aliphatic heterocycles. The molecule has 4 aliphatic rings. The first-order chi connectivity index (χ1) is 33.0. The van der Waals surface area contributed by atoms with Crippen LogP contribution in [0.1, 0.15) is 186 Å². The van der Waals surface area contributed by atoms with Crippen LogP contribution in [0.3, 0.4) is 0 Å². The van der Waals surface area contributed by atoms with Gasteiger partial charge in [0.25, 0.3) is 0 Å². The molecule has 0 saturated heterocycles. The van der Waals surface area contributed by atoms with Crippen molar-refractivity contribution in [3.05, 3.63) is 128 Å². The van der Waals surface area contributed by atoms with Gasteiger partial charge in [-0.3, -0.25) is 9.59 Å². The van der Waals surface area contributed by atoms with E-state index < -0.39 is 0 Å². The molecule has 0 bridgehead atoms. The number of rotatable bonds is 15. The number of fused-ring (bicyclic) bond motifs is 2. The highest BCUT2D eigenvalue weighted by Crippen LogP contribution is 2.48. The van der Waals surface area contributed by atoms with Crippen LogP contribution in [-0.4, -0.2) is 30.9 Å². The summed E-state index contributed by atoms with van der Waals surface area (Å²) in [6, 6.07) is 31.1. The van der Waals surface area contributed by atoms with E-state index in [1.165, 1.54) is 86.9 Å². The fourth-order valence-corrected chi connectivity index (χ4v) is 14.2. The molecule has 0 radical (unpaired) electrons. The molecule has 9 rings (SSSR count). The van der Waals surface area contributed by atoms with Crippen molar-refractivity contribution in [2.24, 2.45) is 11.8 Å². The lowest BCUT2D eigenvalue weighted by atomic mass is 9.77. The van der Waals surface area contributed by atoms with Crippen LogP contribution >= 0.6 is 34.4 Å². The number of thiophene rings is 2. The third-order valence-electron chi connectivity index (χ3n) is 16.5. The zero-order valence-electron chi connectivity index (χ0n) is 42.6. The lowest BCUT2D eigenvalue weighted by Gasteiger charge is -2.33. The van der Waals surface area contributed by atoms with Gasteiger partial charge in [0.1, 0.15) is 11.4 Å². The second kappa shape index (κ2) is 21.9. The Morgan fingerprint density at radius 1 is 0.603 bits per heavy atom. The molecule has 360 valence electrons. The number of benzene rings is 3. The second-order valence-corrected chi connectivity index (χ2v) is 23.3. The fourth-order valence-electron chi connectivity index (χ4n) is 11.1. The molecule has 68 heavy (non-hydrogen) atoms. The molecule has 7 heteroatoms. The van der Waals surface area contributed by atoms with Gasteiger partial charge in [0, 0.05) is 54.0 Å². The largest absolute Gasteiger partial charge is 0.336 e. The molecule has 2 saturated carbocycles. The zero-order valence-corrected chi connectivity index (χ0v) is 45.0. The first kappa shape index (κ1) is 50.2. The van der Waals surface area contributed by atoms with Gasteiger partial charge in [-0.25, -0.2) is 0 Å². The van der Waals surface area contributed by atoms with E-state index in [1.807, 2.05) is 54.3 Å². The molecule has 2 aliphatic carbocycles. The van der Waals surface area contributed by atoms with Crippen LogP contribution in [0.5, 0.6) is 0 Å². The monoisotopic (exact) mass is 965 g/mol. The van der Waals surface area contributed by atoms with Crippen LogP contribution in [0.4, 0.5) is 11.4 Å².